The zero-order valence-electron chi connectivity index (χ0n) is 9.06. The largest absolute Gasteiger partial charge is 0.478 e. The molecule has 1 rings (SSSR count). The molecular weight excluding hydrogens is 226 g/mol. The molecule has 0 heterocycles. The first-order chi connectivity index (χ1) is 7.54. The van der Waals surface area contributed by atoms with Gasteiger partial charge in [-0.2, -0.15) is 11.8 Å². The van der Waals surface area contributed by atoms with Crippen LogP contribution in [0.4, 0.5) is 5.69 Å². The molecule has 1 atom stereocenters. The zero-order chi connectivity index (χ0) is 12.1. The number of rotatable bonds is 4. The fourth-order valence-electron chi connectivity index (χ4n) is 1.05. The summed E-state index contributed by atoms with van der Waals surface area (Å²) >= 11 is 1.45. The van der Waals surface area contributed by atoms with Gasteiger partial charge in [0.15, 0.2) is 0 Å². The molecular formula is C11H13NO3S. The van der Waals surface area contributed by atoms with Crippen molar-refractivity contribution in [3.8, 4) is 0 Å². The zero-order valence-corrected chi connectivity index (χ0v) is 9.88. The summed E-state index contributed by atoms with van der Waals surface area (Å²) in [6.07, 6.45) is 1.86. The van der Waals surface area contributed by atoms with Crippen molar-refractivity contribution in [1.82, 2.24) is 0 Å². The number of hydrogen-bond acceptors (Lipinski definition) is 3. The van der Waals surface area contributed by atoms with E-state index < -0.39 is 5.97 Å². The van der Waals surface area contributed by atoms with Crippen molar-refractivity contribution in [3.63, 3.8) is 0 Å². The van der Waals surface area contributed by atoms with Gasteiger partial charge in [-0.25, -0.2) is 4.79 Å². The van der Waals surface area contributed by atoms with Gasteiger partial charge in [0.05, 0.1) is 10.8 Å². The van der Waals surface area contributed by atoms with E-state index in [1.54, 1.807) is 12.1 Å². The van der Waals surface area contributed by atoms with Crippen LogP contribution in [-0.4, -0.2) is 28.5 Å². The molecule has 2 N–H and O–H groups in total. The van der Waals surface area contributed by atoms with Crippen LogP contribution >= 0.6 is 11.8 Å². The topological polar surface area (TPSA) is 66.4 Å². The van der Waals surface area contributed by atoms with Gasteiger partial charge >= 0.3 is 5.97 Å². The molecule has 86 valence electrons. The molecule has 1 aromatic carbocycles. The lowest BCUT2D eigenvalue weighted by atomic mass is 10.2. The van der Waals surface area contributed by atoms with Gasteiger partial charge in [-0.3, -0.25) is 4.79 Å². The summed E-state index contributed by atoms with van der Waals surface area (Å²) in [5, 5.41) is 11.3. The molecule has 0 fully saturated rings. The lowest BCUT2D eigenvalue weighted by Gasteiger charge is -2.09. The minimum atomic E-state index is -0.977. The Morgan fingerprint density at radius 2 is 1.88 bits per heavy atom. The number of aromatic carboxylic acids is 1. The molecule has 1 aromatic rings. The van der Waals surface area contributed by atoms with Crippen molar-refractivity contribution in [3.05, 3.63) is 29.8 Å². The fraction of sp³-hybridized carbons (Fsp3) is 0.273. The Kier molecular flexibility index (Phi) is 4.37. The summed E-state index contributed by atoms with van der Waals surface area (Å²) in [6.45, 7) is 1.81. The Morgan fingerprint density at radius 3 is 2.31 bits per heavy atom. The maximum atomic E-state index is 11.5. The molecule has 0 saturated heterocycles. The van der Waals surface area contributed by atoms with Crippen molar-refractivity contribution in [2.45, 2.75) is 12.2 Å². The van der Waals surface area contributed by atoms with E-state index in [1.165, 1.54) is 23.9 Å². The van der Waals surface area contributed by atoms with Gasteiger partial charge in [-0.05, 0) is 37.4 Å². The second kappa shape index (κ2) is 5.55. The Balaban J connectivity index is 2.69. The highest BCUT2D eigenvalue weighted by molar-refractivity contribution is 7.99. The summed E-state index contributed by atoms with van der Waals surface area (Å²) in [5.41, 5.74) is 0.812. The Morgan fingerprint density at radius 1 is 1.31 bits per heavy atom. The number of amides is 1. The number of carbonyl (C=O) groups excluding carboxylic acids is 1. The first-order valence-electron chi connectivity index (χ1n) is 4.71. The second-order valence-electron chi connectivity index (χ2n) is 3.25. The SMILES string of the molecule is CSC(C)C(=O)Nc1ccc(C(=O)O)cc1. The molecule has 0 aliphatic heterocycles. The first-order valence-corrected chi connectivity index (χ1v) is 6.00. The van der Waals surface area contributed by atoms with Crippen molar-refractivity contribution >= 4 is 29.3 Å². The first kappa shape index (κ1) is 12.6. The van der Waals surface area contributed by atoms with Crippen molar-refractivity contribution in [1.29, 1.82) is 0 Å². The standard InChI is InChI=1S/C11H13NO3S/c1-7(16-2)10(13)12-9-5-3-8(4-6-9)11(14)15/h3-7H,1-2H3,(H,12,13)(H,14,15). The average Bonchev–Trinajstić information content (AvgIpc) is 2.28. The molecule has 4 nitrogen and oxygen atoms in total. The Hall–Kier alpha value is -1.49. The summed E-state index contributed by atoms with van der Waals surface area (Å²) in [7, 11) is 0. The molecule has 0 bridgehead atoms. The number of nitrogens with one attached hydrogen (secondary N) is 1. The van der Waals surface area contributed by atoms with E-state index in [0.717, 1.165) is 0 Å². The molecule has 0 saturated carbocycles. The summed E-state index contributed by atoms with van der Waals surface area (Å²) in [4.78, 5) is 22.1. The van der Waals surface area contributed by atoms with Crippen molar-refractivity contribution < 1.29 is 14.7 Å². The molecule has 5 heteroatoms. The monoisotopic (exact) mass is 239 g/mol. The molecule has 0 aromatic heterocycles. The number of carboxylic acid groups (broad SMARTS) is 1. The van der Waals surface area contributed by atoms with E-state index in [2.05, 4.69) is 5.32 Å². The van der Waals surface area contributed by atoms with Gasteiger partial charge in [0.25, 0.3) is 0 Å². The maximum absolute atomic E-state index is 11.5. The normalized spacial score (nSPS) is 11.9. The molecule has 1 unspecified atom stereocenters. The van der Waals surface area contributed by atoms with Crippen LogP contribution in [-0.2, 0) is 4.79 Å². The van der Waals surface area contributed by atoms with Gasteiger partial charge in [-0.1, -0.05) is 0 Å². The lowest BCUT2D eigenvalue weighted by molar-refractivity contribution is -0.115. The van der Waals surface area contributed by atoms with Gasteiger partial charge in [0, 0.05) is 5.69 Å². The van der Waals surface area contributed by atoms with E-state index in [9.17, 15) is 9.59 Å². The smallest absolute Gasteiger partial charge is 0.335 e. The van der Waals surface area contributed by atoms with Gasteiger partial charge in [-0.15, -0.1) is 0 Å². The van der Waals surface area contributed by atoms with E-state index in [0.29, 0.717) is 5.69 Å². The number of carboxylic acids is 1. The highest BCUT2D eigenvalue weighted by Crippen LogP contribution is 2.12. The fourth-order valence-corrected chi connectivity index (χ4v) is 1.32. The minimum absolute atomic E-state index is 0.0874. The number of carbonyl (C=O) groups is 2. The van der Waals surface area contributed by atoms with E-state index in [4.69, 9.17) is 5.11 Å². The summed E-state index contributed by atoms with van der Waals surface area (Å²) < 4.78 is 0. The lowest BCUT2D eigenvalue weighted by Crippen LogP contribution is -2.22. The molecule has 0 spiro atoms. The van der Waals surface area contributed by atoms with Gasteiger partial charge < -0.3 is 10.4 Å². The molecule has 16 heavy (non-hydrogen) atoms. The van der Waals surface area contributed by atoms with E-state index >= 15 is 0 Å². The third-order valence-electron chi connectivity index (χ3n) is 2.12. The van der Waals surface area contributed by atoms with Crippen LogP contribution in [0.1, 0.15) is 17.3 Å². The molecule has 0 aliphatic carbocycles. The predicted molar refractivity (Wildman–Crippen MR) is 65.0 cm³/mol. The van der Waals surface area contributed by atoms with Crippen molar-refractivity contribution in [2.75, 3.05) is 11.6 Å². The number of thioether (sulfide) groups is 1. The number of hydrogen-bond donors (Lipinski definition) is 2. The number of benzene rings is 1. The van der Waals surface area contributed by atoms with Crippen LogP contribution in [0.25, 0.3) is 0 Å². The van der Waals surface area contributed by atoms with E-state index in [-0.39, 0.29) is 16.7 Å². The predicted octanol–water partition coefficient (Wildman–Crippen LogP) is 2.07. The highest BCUT2D eigenvalue weighted by atomic mass is 32.2. The van der Waals surface area contributed by atoms with E-state index in [1.807, 2.05) is 13.2 Å². The van der Waals surface area contributed by atoms with Crippen LogP contribution in [0.5, 0.6) is 0 Å². The van der Waals surface area contributed by atoms with Gasteiger partial charge in [0.1, 0.15) is 0 Å². The summed E-state index contributed by atoms with van der Waals surface area (Å²) in [5.74, 6) is -1.06. The van der Waals surface area contributed by atoms with Crippen molar-refractivity contribution in [2.24, 2.45) is 0 Å². The molecule has 0 aliphatic rings. The maximum Gasteiger partial charge on any atom is 0.335 e. The number of anilines is 1. The summed E-state index contributed by atoms with van der Waals surface area (Å²) in [6, 6.07) is 6.08. The van der Waals surface area contributed by atoms with Gasteiger partial charge in [0.2, 0.25) is 5.91 Å². The van der Waals surface area contributed by atoms with Crippen LogP contribution in [0.15, 0.2) is 24.3 Å². The minimum Gasteiger partial charge on any atom is -0.478 e. The van der Waals surface area contributed by atoms with Crippen LogP contribution in [0.2, 0.25) is 0 Å². The van der Waals surface area contributed by atoms with Crippen LogP contribution < -0.4 is 5.32 Å². The quantitative estimate of drug-likeness (QED) is 0.844. The van der Waals surface area contributed by atoms with Crippen LogP contribution in [0.3, 0.4) is 0 Å². The van der Waals surface area contributed by atoms with Crippen LogP contribution in [0, 0.1) is 0 Å². The Labute approximate surface area is 98.0 Å². The third kappa shape index (κ3) is 3.27. The molecule has 1 amide bonds. The highest BCUT2D eigenvalue weighted by Gasteiger charge is 2.11. The molecule has 0 radical (unpaired) electrons. The Bertz CT molecular complexity index is 389. The third-order valence-corrected chi connectivity index (χ3v) is 3.04. The second-order valence-corrected chi connectivity index (χ2v) is 4.43. The average molecular weight is 239 g/mol.